The molecule has 0 atom stereocenters. The van der Waals surface area contributed by atoms with Gasteiger partial charge in [0.2, 0.25) is 0 Å². The highest BCUT2D eigenvalue weighted by Gasteiger charge is 2.23. The van der Waals surface area contributed by atoms with Gasteiger partial charge in [-0.2, -0.15) is 0 Å². The van der Waals surface area contributed by atoms with Crippen LogP contribution in [0.5, 0.6) is 0 Å². The van der Waals surface area contributed by atoms with Crippen LogP contribution in [0.25, 0.3) is 22.2 Å². The number of nitrogens with one attached hydrogen (secondary N) is 1. The molecule has 146 valence electrons. The molecule has 1 amide bonds. The lowest BCUT2D eigenvalue weighted by Crippen LogP contribution is -2.13. The zero-order valence-corrected chi connectivity index (χ0v) is 15.6. The average molecular weight is 411 g/mol. The monoisotopic (exact) mass is 411 g/mol. The number of carbonyl (C=O) groups excluding carboxylic acids is 1. The summed E-state index contributed by atoms with van der Waals surface area (Å²) >= 11 is 1.02. The Bertz CT molecular complexity index is 1210. The number of halogens is 1. The third kappa shape index (κ3) is 3.48. The van der Waals surface area contributed by atoms with Gasteiger partial charge in [0.15, 0.2) is 5.58 Å². The predicted molar refractivity (Wildman–Crippen MR) is 107 cm³/mol. The van der Waals surface area contributed by atoms with Crippen molar-refractivity contribution in [2.24, 2.45) is 5.73 Å². The first-order valence-electron chi connectivity index (χ1n) is 8.48. The summed E-state index contributed by atoms with van der Waals surface area (Å²) in [5.74, 6) is -2.64. The van der Waals surface area contributed by atoms with Crippen molar-refractivity contribution in [1.29, 1.82) is 0 Å². The van der Waals surface area contributed by atoms with Crippen LogP contribution < -0.4 is 11.1 Å². The predicted octanol–water partition coefficient (Wildman–Crippen LogP) is 4.10. The first-order valence-corrected chi connectivity index (χ1v) is 9.36. The van der Waals surface area contributed by atoms with Gasteiger partial charge in [-0.3, -0.25) is 4.79 Å². The van der Waals surface area contributed by atoms with Crippen molar-refractivity contribution >= 4 is 39.3 Å². The molecule has 2 aromatic carbocycles. The Balaban J connectivity index is 1.68. The van der Waals surface area contributed by atoms with Crippen molar-refractivity contribution in [3.05, 3.63) is 70.7 Å². The summed E-state index contributed by atoms with van der Waals surface area (Å²) in [5.41, 5.74) is 7.27. The Labute approximate surface area is 167 Å². The van der Waals surface area contributed by atoms with E-state index in [0.717, 1.165) is 11.3 Å². The largest absolute Gasteiger partial charge is 0.478 e. The highest BCUT2D eigenvalue weighted by molar-refractivity contribution is 7.15. The number of hydrogen-bond donors (Lipinski definition) is 3. The van der Waals surface area contributed by atoms with Crippen LogP contribution in [-0.2, 0) is 6.54 Å². The van der Waals surface area contributed by atoms with Crippen molar-refractivity contribution in [2.45, 2.75) is 6.54 Å². The highest BCUT2D eigenvalue weighted by Crippen LogP contribution is 2.36. The maximum atomic E-state index is 14.1. The van der Waals surface area contributed by atoms with E-state index in [1.54, 1.807) is 35.7 Å². The first-order chi connectivity index (χ1) is 14.0. The standard InChI is InChI=1S/C20H14FN3O4S/c21-13-7-10(5-6-11(13)8-22)12-9-29-19(16(12)20(26)27)24-17(25)18-23-14-3-1-2-4-15(14)28-18/h1-7,9H,8,22H2,(H,24,25)(H,26,27). The van der Waals surface area contributed by atoms with Gasteiger partial charge in [0.25, 0.3) is 5.89 Å². The second kappa shape index (κ2) is 7.46. The number of oxazole rings is 1. The Morgan fingerprint density at radius 3 is 2.72 bits per heavy atom. The molecule has 0 saturated heterocycles. The second-order valence-electron chi connectivity index (χ2n) is 6.11. The van der Waals surface area contributed by atoms with E-state index >= 15 is 0 Å². The molecule has 7 nitrogen and oxygen atoms in total. The fraction of sp³-hybridized carbons (Fsp3) is 0.0500. The smallest absolute Gasteiger partial charge is 0.339 e. The van der Waals surface area contributed by atoms with E-state index in [1.807, 2.05) is 0 Å². The van der Waals surface area contributed by atoms with Gasteiger partial charge in [-0.05, 0) is 23.8 Å². The van der Waals surface area contributed by atoms with E-state index in [2.05, 4.69) is 10.3 Å². The van der Waals surface area contributed by atoms with Gasteiger partial charge < -0.3 is 20.6 Å². The SMILES string of the molecule is NCc1ccc(-c2csc(NC(=O)c3nc4ccccc4o3)c2C(=O)O)cc1F. The number of carboxylic acids is 1. The number of hydrogen-bond acceptors (Lipinski definition) is 6. The number of amides is 1. The molecule has 0 aliphatic rings. The Morgan fingerprint density at radius 1 is 1.24 bits per heavy atom. The lowest BCUT2D eigenvalue weighted by molar-refractivity contribution is 0.0699. The molecule has 0 unspecified atom stereocenters. The average Bonchev–Trinajstić information content (AvgIpc) is 3.32. The normalized spacial score (nSPS) is 11.0. The molecule has 0 fully saturated rings. The molecule has 0 spiro atoms. The first kappa shape index (κ1) is 18.8. The maximum absolute atomic E-state index is 14.1. The molecule has 0 radical (unpaired) electrons. The summed E-state index contributed by atoms with van der Waals surface area (Å²) in [6.07, 6.45) is 0. The van der Waals surface area contributed by atoms with E-state index in [-0.39, 0.29) is 28.6 Å². The van der Waals surface area contributed by atoms with Crippen LogP contribution in [0.1, 0.15) is 26.6 Å². The molecule has 0 aliphatic heterocycles. The van der Waals surface area contributed by atoms with Crippen LogP contribution in [0, 0.1) is 5.82 Å². The topological polar surface area (TPSA) is 118 Å². The molecular weight excluding hydrogens is 397 g/mol. The summed E-state index contributed by atoms with van der Waals surface area (Å²) in [4.78, 5) is 28.5. The molecule has 2 heterocycles. The number of carbonyl (C=O) groups is 2. The van der Waals surface area contributed by atoms with Crippen molar-refractivity contribution in [2.75, 3.05) is 5.32 Å². The minimum atomic E-state index is -1.25. The van der Waals surface area contributed by atoms with Gasteiger partial charge in [-0.25, -0.2) is 14.2 Å². The van der Waals surface area contributed by atoms with Gasteiger partial charge in [0, 0.05) is 23.1 Å². The van der Waals surface area contributed by atoms with E-state index in [0.29, 0.717) is 22.2 Å². The second-order valence-corrected chi connectivity index (χ2v) is 6.99. The molecule has 4 aromatic rings. The number of nitrogens with two attached hydrogens (primary N) is 1. The summed E-state index contributed by atoms with van der Waals surface area (Å²) in [6, 6.07) is 11.2. The van der Waals surface area contributed by atoms with E-state index in [4.69, 9.17) is 10.2 Å². The number of benzene rings is 2. The quantitative estimate of drug-likeness (QED) is 0.455. The molecule has 0 bridgehead atoms. The van der Waals surface area contributed by atoms with Gasteiger partial charge >= 0.3 is 11.9 Å². The molecule has 29 heavy (non-hydrogen) atoms. The van der Waals surface area contributed by atoms with Gasteiger partial charge in [-0.1, -0.05) is 24.3 Å². The van der Waals surface area contributed by atoms with Crippen LogP contribution in [0.15, 0.2) is 52.3 Å². The summed E-state index contributed by atoms with van der Waals surface area (Å²) in [5, 5.41) is 13.8. The maximum Gasteiger partial charge on any atom is 0.339 e. The molecular formula is C20H14FN3O4S. The van der Waals surface area contributed by atoms with Crippen molar-refractivity contribution in [3.63, 3.8) is 0 Å². The summed E-state index contributed by atoms with van der Waals surface area (Å²) in [7, 11) is 0. The lowest BCUT2D eigenvalue weighted by Gasteiger charge is -2.06. The van der Waals surface area contributed by atoms with E-state index < -0.39 is 17.7 Å². The molecule has 9 heteroatoms. The number of nitrogens with zero attached hydrogens (tertiary/aromatic N) is 1. The van der Waals surface area contributed by atoms with Crippen molar-refractivity contribution in [3.8, 4) is 11.1 Å². The van der Waals surface area contributed by atoms with Crippen LogP contribution >= 0.6 is 11.3 Å². The molecule has 4 N–H and O–H groups in total. The highest BCUT2D eigenvalue weighted by atomic mass is 32.1. The van der Waals surface area contributed by atoms with E-state index in [1.165, 1.54) is 12.1 Å². The lowest BCUT2D eigenvalue weighted by atomic mass is 10.0. The zero-order chi connectivity index (χ0) is 20.5. The number of carboxylic acid groups (broad SMARTS) is 1. The zero-order valence-electron chi connectivity index (χ0n) is 14.8. The summed E-state index contributed by atoms with van der Waals surface area (Å²) in [6.45, 7) is 0.0351. The van der Waals surface area contributed by atoms with Crippen molar-refractivity contribution in [1.82, 2.24) is 4.98 Å². The third-order valence-corrected chi connectivity index (χ3v) is 5.20. The van der Waals surface area contributed by atoms with Crippen LogP contribution in [0.3, 0.4) is 0 Å². The van der Waals surface area contributed by atoms with Gasteiger partial charge in [-0.15, -0.1) is 11.3 Å². The number of rotatable bonds is 5. The Morgan fingerprint density at radius 2 is 2.03 bits per heavy atom. The minimum absolute atomic E-state index is 0.0351. The molecule has 0 aliphatic carbocycles. The summed E-state index contributed by atoms with van der Waals surface area (Å²) < 4.78 is 19.5. The Hall–Kier alpha value is -3.56. The number of anilines is 1. The molecule has 4 rings (SSSR count). The number of fused-ring (bicyclic) bond motifs is 1. The number of thiophene rings is 1. The van der Waals surface area contributed by atoms with Crippen LogP contribution in [0.4, 0.5) is 9.39 Å². The van der Waals surface area contributed by atoms with Crippen LogP contribution in [-0.4, -0.2) is 22.0 Å². The Kier molecular flexibility index (Phi) is 4.83. The van der Waals surface area contributed by atoms with Gasteiger partial charge in [0.05, 0.1) is 0 Å². The fourth-order valence-electron chi connectivity index (χ4n) is 2.88. The van der Waals surface area contributed by atoms with Crippen molar-refractivity contribution < 1.29 is 23.5 Å². The third-order valence-electron chi connectivity index (χ3n) is 4.30. The number of para-hydroxylation sites is 2. The van der Waals surface area contributed by atoms with Crippen LogP contribution in [0.2, 0.25) is 0 Å². The van der Waals surface area contributed by atoms with E-state index in [9.17, 15) is 19.1 Å². The fourth-order valence-corrected chi connectivity index (χ4v) is 3.84. The van der Waals surface area contributed by atoms with Gasteiger partial charge in [0.1, 0.15) is 21.9 Å². The minimum Gasteiger partial charge on any atom is -0.478 e. The number of aromatic nitrogens is 1. The number of aromatic carboxylic acids is 1. The molecule has 0 saturated carbocycles. The molecule has 2 aromatic heterocycles.